The quantitative estimate of drug-likeness (QED) is 0.910. The number of nitrogens with zero attached hydrogens (tertiary/aromatic N) is 2. The van der Waals surface area contributed by atoms with Crippen LogP contribution < -0.4 is 4.90 Å². The Balaban J connectivity index is 2.11. The topological polar surface area (TPSA) is 64.3 Å². The van der Waals surface area contributed by atoms with Crippen LogP contribution in [0.4, 0.5) is 5.69 Å². The number of hydrogen-bond donors (Lipinski definition) is 1. The number of aliphatic carboxylic acids is 1. The molecule has 1 aliphatic rings. The van der Waals surface area contributed by atoms with Crippen molar-refractivity contribution < 1.29 is 9.90 Å². The van der Waals surface area contributed by atoms with E-state index >= 15 is 0 Å². The molecule has 1 aromatic rings. The van der Waals surface area contributed by atoms with E-state index in [-0.39, 0.29) is 11.8 Å². The molecule has 1 heterocycles. The average molecular weight is 265 g/mol. The molecular formula is C13H13ClN2O2. The second-order valence-electron chi connectivity index (χ2n) is 4.57. The van der Waals surface area contributed by atoms with E-state index in [1.807, 2.05) is 4.90 Å². The molecule has 1 atom stereocenters. The summed E-state index contributed by atoms with van der Waals surface area (Å²) < 4.78 is 0. The van der Waals surface area contributed by atoms with Crippen LogP contribution in [0.15, 0.2) is 18.2 Å². The Bertz CT molecular complexity index is 518. The molecule has 0 saturated carbocycles. The number of rotatable bonds is 3. The largest absolute Gasteiger partial charge is 0.481 e. The maximum absolute atomic E-state index is 10.9. The average Bonchev–Trinajstić information content (AvgIpc) is 2.27. The Morgan fingerprint density at radius 3 is 2.83 bits per heavy atom. The van der Waals surface area contributed by atoms with Gasteiger partial charge in [0.1, 0.15) is 6.07 Å². The number of hydrogen-bond acceptors (Lipinski definition) is 3. The number of benzene rings is 1. The summed E-state index contributed by atoms with van der Waals surface area (Å²) in [7, 11) is 0. The molecule has 2 rings (SSSR count). The highest BCUT2D eigenvalue weighted by molar-refractivity contribution is 6.30. The first kappa shape index (κ1) is 12.7. The summed E-state index contributed by atoms with van der Waals surface area (Å²) in [6.45, 7) is 3.03. The minimum Gasteiger partial charge on any atom is -0.481 e. The van der Waals surface area contributed by atoms with Gasteiger partial charge in [-0.15, -0.1) is 0 Å². The van der Waals surface area contributed by atoms with Gasteiger partial charge in [-0.1, -0.05) is 18.5 Å². The van der Waals surface area contributed by atoms with E-state index in [2.05, 4.69) is 6.07 Å². The zero-order valence-electron chi connectivity index (χ0n) is 9.93. The Morgan fingerprint density at radius 2 is 2.28 bits per heavy atom. The standard InChI is InChI=1S/C13H13ClN2O2/c1-8(13(17)18)10-6-16(7-10)12-4-11(14)3-2-9(12)5-15/h2-4,8,10H,6-7H2,1H3,(H,17,18). The monoisotopic (exact) mass is 264 g/mol. The minimum absolute atomic E-state index is 0.132. The molecule has 1 unspecified atom stereocenters. The highest BCUT2D eigenvalue weighted by Crippen LogP contribution is 2.33. The SMILES string of the molecule is CC(C(=O)O)C1CN(c2cc(Cl)ccc2C#N)C1. The minimum atomic E-state index is -0.772. The van der Waals surface area contributed by atoms with Crippen molar-refractivity contribution >= 4 is 23.3 Å². The third-order valence-electron chi connectivity index (χ3n) is 3.43. The van der Waals surface area contributed by atoms with Crippen LogP contribution in [-0.4, -0.2) is 24.2 Å². The van der Waals surface area contributed by atoms with E-state index in [4.69, 9.17) is 22.0 Å². The first-order chi connectivity index (χ1) is 8.52. The lowest BCUT2D eigenvalue weighted by atomic mass is 9.86. The Hall–Kier alpha value is -1.73. The number of carboxylic acids is 1. The second-order valence-corrected chi connectivity index (χ2v) is 5.00. The summed E-state index contributed by atoms with van der Waals surface area (Å²) in [5.41, 5.74) is 1.36. The lowest BCUT2D eigenvalue weighted by molar-refractivity contribution is -0.143. The van der Waals surface area contributed by atoms with Crippen LogP contribution in [-0.2, 0) is 4.79 Å². The van der Waals surface area contributed by atoms with E-state index in [1.165, 1.54) is 0 Å². The predicted octanol–water partition coefficient (Wildman–Crippen LogP) is 2.37. The first-order valence-corrected chi connectivity index (χ1v) is 6.08. The van der Waals surface area contributed by atoms with Gasteiger partial charge in [0.15, 0.2) is 0 Å². The molecular weight excluding hydrogens is 252 g/mol. The number of carbonyl (C=O) groups is 1. The van der Waals surface area contributed by atoms with Gasteiger partial charge in [-0.2, -0.15) is 5.26 Å². The smallest absolute Gasteiger partial charge is 0.306 e. The molecule has 0 spiro atoms. The molecule has 0 amide bonds. The Kier molecular flexibility index (Phi) is 3.44. The molecule has 5 heteroatoms. The summed E-state index contributed by atoms with van der Waals surface area (Å²) in [5.74, 6) is -0.995. The van der Waals surface area contributed by atoms with Gasteiger partial charge in [0, 0.05) is 24.0 Å². The molecule has 0 radical (unpaired) electrons. The summed E-state index contributed by atoms with van der Waals surface area (Å²) >= 11 is 5.92. The van der Waals surface area contributed by atoms with E-state index in [0.29, 0.717) is 23.7 Å². The van der Waals surface area contributed by atoms with E-state index in [1.54, 1.807) is 25.1 Å². The van der Waals surface area contributed by atoms with Crippen molar-refractivity contribution in [1.29, 1.82) is 5.26 Å². The molecule has 0 aromatic heterocycles. The van der Waals surface area contributed by atoms with Crippen LogP contribution in [0.3, 0.4) is 0 Å². The normalized spacial score (nSPS) is 16.8. The van der Waals surface area contributed by atoms with Gasteiger partial charge in [0.2, 0.25) is 0 Å². The molecule has 1 N–H and O–H groups in total. The zero-order chi connectivity index (χ0) is 13.3. The third kappa shape index (κ3) is 2.27. The molecule has 1 aliphatic heterocycles. The number of halogens is 1. The fourth-order valence-electron chi connectivity index (χ4n) is 2.09. The lowest BCUT2D eigenvalue weighted by Gasteiger charge is -2.43. The Labute approximate surface area is 110 Å². The van der Waals surface area contributed by atoms with Crippen molar-refractivity contribution in [3.8, 4) is 6.07 Å². The van der Waals surface area contributed by atoms with Crippen molar-refractivity contribution in [1.82, 2.24) is 0 Å². The number of nitriles is 1. The summed E-state index contributed by atoms with van der Waals surface area (Å²) in [4.78, 5) is 12.9. The second kappa shape index (κ2) is 4.87. The van der Waals surface area contributed by atoms with Crippen LogP contribution in [0.25, 0.3) is 0 Å². The van der Waals surface area contributed by atoms with Gasteiger partial charge in [-0.25, -0.2) is 0 Å². The fraction of sp³-hybridized carbons (Fsp3) is 0.385. The summed E-state index contributed by atoms with van der Waals surface area (Å²) in [6.07, 6.45) is 0. The fourth-order valence-corrected chi connectivity index (χ4v) is 2.25. The lowest BCUT2D eigenvalue weighted by Crippen LogP contribution is -2.51. The number of anilines is 1. The molecule has 18 heavy (non-hydrogen) atoms. The van der Waals surface area contributed by atoms with Gasteiger partial charge in [0.05, 0.1) is 17.2 Å². The van der Waals surface area contributed by atoms with Crippen molar-refractivity contribution in [3.63, 3.8) is 0 Å². The van der Waals surface area contributed by atoms with Gasteiger partial charge < -0.3 is 10.0 Å². The van der Waals surface area contributed by atoms with E-state index in [0.717, 1.165) is 5.69 Å². The van der Waals surface area contributed by atoms with Crippen molar-refractivity contribution in [2.24, 2.45) is 11.8 Å². The van der Waals surface area contributed by atoms with Crippen LogP contribution in [0.5, 0.6) is 0 Å². The maximum atomic E-state index is 10.9. The molecule has 0 bridgehead atoms. The number of carboxylic acid groups (broad SMARTS) is 1. The molecule has 0 aliphatic carbocycles. The van der Waals surface area contributed by atoms with E-state index in [9.17, 15) is 4.79 Å². The van der Waals surface area contributed by atoms with Gasteiger partial charge in [0.25, 0.3) is 0 Å². The predicted molar refractivity (Wildman–Crippen MR) is 68.7 cm³/mol. The van der Waals surface area contributed by atoms with Crippen molar-refractivity contribution in [3.05, 3.63) is 28.8 Å². The van der Waals surface area contributed by atoms with Crippen LogP contribution >= 0.6 is 11.6 Å². The molecule has 94 valence electrons. The molecule has 1 aromatic carbocycles. The van der Waals surface area contributed by atoms with Gasteiger partial charge in [-0.3, -0.25) is 4.79 Å². The first-order valence-electron chi connectivity index (χ1n) is 5.70. The Morgan fingerprint density at radius 1 is 1.61 bits per heavy atom. The zero-order valence-corrected chi connectivity index (χ0v) is 10.7. The third-order valence-corrected chi connectivity index (χ3v) is 3.66. The van der Waals surface area contributed by atoms with Gasteiger partial charge >= 0.3 is 5.97 Å². The highest BCUT2D eigenvalue weighted by Gasteiger charge is 2.35. The van der Waals surface area contributed by atoms with Crippen LogP contribution in [0.1, 0.15) is 12.5 Å². The summed E-state index contributed by atoms with van der Waals surface area (Å²) in [5, 5.41) is 18.5. The van der Waals surface area contributed by atoms with Gasteiger partial charge in [-0.05, 0) is 18.2 Å². The summed E-state index contributed by atoms with van der Waals surface area (Å²) in [6, 6.07) is 7.24. The maximum Gasteiger partial charge on any atom is 0.306 e. The van der Waals surface area contributed by atoms with Crippen molar-refractivity contribution in [2.75, 3.05) is 18.0 Å². The van der Waals surface area contributed by atoms with Crippen LogP contribution in [0.2, 0.25) is 5.02 Å². The van der Waals surface area contributed by atoms with Crippen LogP contribution in [0, 0.1) is 23.2 Å². The van der Waals surface area contributed by atoms with Crippen molar-refractivity contribution in [2.45, 2.75) is 6.92 Å². The molecule has 1 fully saturated rings. The highest BCUT2D eigenvalue weighted by atomic mass is 35.5. The van der Waals surface area contributed by atoms with E-state index < -0.39 is 5.97 Å². The molecule has 4 nitrogen and oxygen atoms in total. The molecule has 1 saturated heterocycles.